The smallest absolute Gasteiger partial charge is 0.0308 e. The van der Waals surface area contributed by atoms with Crippen LogP contribution in [0.15, 0.2) is 0 Å². The van der Waals surface area contributed by atoms with Crippen LogP contribution in [-0.4, -0.2) is 60.6 Å². The van der Waals surface area contributed by atoms with E-state index in [9.17, 15) is 0 Å². The van der Waals surface area contributed by atoms with Gasteiger partial charge in [0.2, 0.25) is 0 Å². The largest absolute Gasteiger partial charge is 0.310 e. The number of hydrogen-bond acceptors (Lipinski definition) is 3. The first kappa shape index (κ1) is 13.8. The zero-order valence-corrected chi connectivity index (χ0v) is 13.0. The molecule has 1 aliphatic carbocycles. The molecule has 0 aromatic heterocycles. The Kier molecular flexibility index (Phi) is 3.89. The van der Waals surface area contributed by atoms with E-state index in [4.69, 9.17) is 0 Å². The van der Waals surface area contributed by atoms with Crippen molar-refractivity contribution in [2.24, 2.45) is 5.92 Å². The van der Waals surface area contributed by atoms with Crippen LogP contribution in [0.1, 0.15) is 46.0 Å². The highest BCUT2D eigenvalue weighted by atomic mass is 15.2. The molecule has 3 aliphatic rings. The van der Waals surface area contributed by atoms with Gasteiger partial charge in [-0.25, -0.2) is 0 Å². The van der Waals surface area contributed by atoms with Crippen LogP contribution in [0.4, 0.5) is 0 Å². The molecule has 0 amide bonds. The van der Waals surface area contributed by atoms with Crippen LogP contribution in [0, 0.1) is 5.92 Å². The van der Waals surface area contributed by atoms with Gasteiger partial charge in [-0.3, -0.25) is 4.90 Å². The maximum atomic E-state index is 3.86. The summed E-state index contributed by atoms with van der Waals surface area (Å²) in [5.41, 5.74) is 0.392. The number of nitrogens with one attached hydrogen (secondary N) is 1. The van der Waals surface area contributed by atoms with Crippen molar-refractivity contribution >= 4 is 0 Å². The Morgan fingerprint density at radius 2 is 1.95 bits per heavy atom. The maximum Gasteiger partial charge on any atom is 0.0308 e. The molecule has 0 bridgehead atoms. The summed E-state index contributed by atoms with van der Waals surface area (Å²) in [5, 5.41) is 3.86. The van der Waals surface area contributed by atoms with Crippen LogP contribution in [0.5, 0.6) is 0 Å². The fraction of sp³-hybridized carbons (Fsp3) is 1.00. The predicted octanol–water partition coefficient (Wildman–Crippen LogP) is 1.93. The van der Waals surface area contributed by atoms with Crippen LogP contribution < -0.4 is 5.32 Å². The summed E-state index contributed by atoms with van der Waals surface area (Å²) in [5.74, 6) is 0.941. The first-order valence-corrected chi connectivity index (χ1v) is 8.28. The van der Waals surface area contributed by atoms with Gasteiger partial charge in [-0.2, -0.15) is 0 Å². The number of rotatable bonds is 2. The average Bonchev–Trinajstić information content (AvgIpc) is 3.19. The molecule has 3 fully saturated rings. The second kappa shape index (κ2) is 5.34. The molecule has 3 rings (SSSR count). The van der Waals surface area contributed by atoms with Crippen LogP contribution in [-0.2, 0) is 0 Å². The number of nitrogens with zero attached hydrogens (tertiary/aromatic N) is 2. The van der Waals surface area contributed by atoms with Crippen LogP contribution in [0.2, 0.25) is 0 Å². The van der Waals surface area contributed by atoms with Gasteiger partial charge in [0.1, 0.15) is 0 Å². The van der Waals surface area contributed by atoms with Gasteiger partial charge < -0.3 is 10.2 Å². The zero-order chi connectivity index (χ0) is 13.5. The average molecular weight is 265 g/mol. The van der Waals surface area contributed by atoms with Crippen molar-refractivity contribution in [1.82, 2.24) is 15.1 Å². The van der Waals surface area contributed by atoms with E-state index in [-0.39, 0.29) is 0 Å². The lowest BCUT2D eigenvalue weighted by Crippen LogP contribution is -2.55. The number of hydrogen-bond donors (Lipinski definition) is 1. The molecule has 1 saturated carbocycles. The fourth-order valence-corrected chi connectivity index (χ4v) is 4.11. The van der Waals surface area contributed by atoms with E-state index in [2.05, 4.69) is 36.0 Å². The number of likely N-dealkylation sites (tertiary alicyclic amines) is 1. The number of piperidine rings is 1. The van der Waals surface area contributed by atoms with Gasteiger partial charge in [-0.05, 0) is 78.6 Å². The Bertz CT molecular complexity index is 315. The molecule has 2 saturated heterocycles. The van der Waals surface area contributed by atoms with Crippen molar-refractivity contribution in [1.29, 1.82) is 0 Å². The van der Waals surface area contributed by atoms with E-state index in [0.717, 1.165) is 18.0 Å². The Hall–Kier alpha value is -0.120. The van der Waals surface area contributed by atoms with Gasteiger partial charge in [0.05, 0.1) is 0 Å². The molecule has 2 aliphatic heterocycles. The third-order valence-electron chi connectivity index (χ3n) is 5.86. The summed E-state index contributed by atoms with van der Waals surface area (Å²) in [6, 6.07) is 1.58. The quantitative estimate of drug-likeness (QED) is 0.823. The monoisotopic (exact) mass is 265 g/mol. The van der Waals surface area contributed by atoms with Crippen molar-refractivity contribution in [2.75, 3.05) is 33.2 Å². The molecule has 2 heterocycles. The first-order chi connectivity index (χ1) is 9.08. The summed E-state index contributed by atoms with van der Waals surface area (Å²) < 4.78 is 0. The van der Waals surface area contributed by atoms with E-state index in [1.54, 1.807) is 0 Å². The minimum atomic E-state index is 0.392. The Morgan fingerprint density at radius 3 is 2.63 bits per heavy atom. The van der Waals surface area contributed by atoms with E-state index >= 15 is 0 Å². The van der Waals surface area contributed by atoms with Crippen molar-refractivity contribution in [3.8, 4) is 0 Å². The Labute approximate surface area is 118 Å². The van der Waals surface area contributed by atoms with Gasteiger partial charge >= 0.3 is 0 Å². The van der Waals surface area contributed by atoms with E-state index in [1.165, 1.54) is 58.3 Å². The lowest BCUT2D eigenvalue weighted by molar-refractivity contribution is 0.0728. The Balaban J connectivity index is 1.65. The molecule has 3 heteroatoms. The molecule has 3 unspecified atom stereocenters. The lowest BCUT2D eigenvalue weighted by atomic mass is 9.92. The highest BCUT2D eigenvalue weighted by Crippen LogP contribution is 2.41. The van der Waals surface area contributed by atoms with Gasteiger partial charge in [0.15, 0.2) is 0 Å². The minimum absolute atomic E-state index is 0.392. The highest BCUT2D eigenvalue weighted by Gasteiger charge is 2.44. The highest BCUT2D eigenvalue weighted by molar-refractivity contribution is 5.02. The lowest BCUT2D eigenvalue weighted by Gasteiger charge is -2.43. The second-order valence-corrected chi connectivity index (χ2v) is 7.45. The molecule has 1 N–H and O–H groups in total. The maximum absolute atomic E-state index is 3.86. The van der Waals surface area contributed by atoms with Gasteiger partial charge in [0.25, 0.3) is 0 Å². The summed E-state index contributed by atoms with van der Waals surface area (Å²) in [4.78, 5) is 5.34. The van der Waals surface area contributed by atoms with E-state index in [0.29, 0.717) is 5.54 Å². The standard InChI is InChI=1S/C16H31N3/c1-13-11-15(7-10-18(13)3)19-9-4-8-17-16(2,12-19)14-5-6-14/h13-15,17H,4-12H2,1-3H3. The molecule has 19 heavy (non-hydrogen) atoms. The Morgan fingerprint density at radius 1 is 1.16 bits per heavy atom. The summed E-state index contributed by atoms with van der Waals surface area (Å²) in [7, 11) is 2.28. The molecule has 110 valence electrons. The molecule has 3 atom stereocenters. The van der Waals surface area contributed by atoms with Crippen molar-refractivity contribution in [3.63, 3.8) is 0 Å². The van der Waals surface area contributed by atoms with Gasteiger partial charge in [-0.1, -0.05) is 0 Å². The third kappa shape index (κ3) is 2.98. The van der Waals surface area contributed by atoms with Crippen molar-refractivity contribution in [2.45, 2.75) is 63.6 Å². The summed E-state index contributed by atoms with van der Waals surface area (Å²) in [6.07, 6.45) is 6.93. The minimum Gasteiger partial charge on any atom is -0.310 e. The van der Waals surface area contributed by atoms with E-state index in [1.807, 2.05) is 0 Å². The second-order valence-electron chi connectivity index (χ2n) is 7.45. The van der Waals surface area contributed by atoms with Crippen LogP contribution >= 0.6 is 0 Å². The summed E-state index contributed by atoms with van der Waals surface area (Å²) >= 11 is 0. The van der Waals surface area contributed by atoms with Crippen LogP contribution in [0.25, 0.3) is 0 Å². The topological polar surface area (TPSA) is 18.5 Å². The fourth-order valence-electron chi connectivity index (χ4n) is 4.11. The van der Waals surface area contributed by atoms with Crippen molar-refractivity contribution < 1.29 is 0 Å². The molecular weight excluding hydrogens is 234 g/mol. The summed E-state index contributed by atoms with van der Waals surface area (Å²) in [6.45, 7) is 9.93. The molecule has 0 radical (unpaired) electrons. The molecule has 3 nitrogen and oxygen atoms in total. The van der Waals surface area contributed by atoms with Crippen LogP contribution in [0.3, 0.4) is 0 Å². The van der Waals surface area contributed by atoms with Gasteiger partial charge in [-0.15, -0.1) is 0 Å². The molecule has 0 aromatic carbocycles. The normalized spacial score (nSPS) is 43.1. The first-order valence-electron chi connectivity index (χ1n) is 8.28. The SMILES string of the molecule is CC1CC(N2CCCNC(C)(C3CC3)C2)CCN1C. The molecule has 0 aromatic rings. The third-order valence-corrected chi connectivity index (χ3v) is 5.86. The van der Waals surface area contributed by atoms with Crippen molar-refractivity contribution in [3.05, 3.63) is 0 Å². The van der Waals surface area contributed by atoms with E-state index < -0.39 is 0 Å². The molecular formula is C16H31N3. The zero-order valence-electron chi connectivity index (χ0n) is 13.0. The predicted molar refractivity (Wildman–Crippen MR) is 80.4 cm³/mol. The van der Waals surface area contributed by atoms with Gasteiger partial charge in [0, 0.05) is 24.2 Å². The molecule has 0 spiro atoms.